The van der Waals surface area contributed by atoms with Crippen molar-refractivity contribution < 1.29 is 19.1 Å². The first-order valence-corrected chi connectivity index (χ1v) is 10.4. The van der Waals surface area contributed by atoms with Crippen LogP contribution in [0.15, 0.2) is 42.5 Å². The highest BCUT2D eigenvalue weighted by Crippen LogP contribution is 2.17. The van der Waals surface area contributed by atoms with Gasteiger partial charge in [-0.3, -0.25) is 9.59 Å². The summed E-state index contributed by atoms with van der Waals surface area (Å²) in [4.78, 5) is 28.6. The molecule has 0 atom stereocenters. The molecule has 0 bridgehead atoms. The van der Waals surface area contributed by atoms with E-state index in [2.05, 4.69) is 0 Å². The molecule has 2 aromatic carbocycles. The largest absolute Gasteiger partial charge is 0.484 e. The molecule has 1 aliphatic heterocycles. The minimum Gasteiger partial charge on any atom is -0.484 e. The first-order chi connectivity index (χ1) is 14.4. The summed E-state index contributed by atoms with van der Waals surface area (Å²) in [6.45, 7) is 8.34. The van der Waals surface area contributed by atoms with E-state index in [0.717, 1.165) is 17.5 Å². The standard InChI is InChI=1S/C24H30N2O4/c1-18-5-8-21(9-6-18)29-16-23(27)25-11-4-12-26(14-13-25)24(28)17-30-22-10-7-19(2)20(3)15-22/h5-10,15H,4,11-14,16-17H2,1-3H3. The molecule has 0 aromatic heterocycles. The van der Waals surface area contributed by atoms with Crippen LogP contribution in [0.25, 0.3) is 0 Å². The van der Waals surface area contributed by atoms with Crippen LogP contribution in [0.1, 0.15) is 23.1 Å². The van der Waals surface area contributed by atoms with Crippen LogP contribution in [0.3, 0.4) is 0 Å². The van der Waals surface area contributed by atoms with Crippen molar-refractivity contribution in [1.29, 1.82) is 0 Å². The minimum atomic E-state index is -0.0590. The Bertz CT molecular complexity index is 879. The van der Waals surface area contributed by atoms with E-state index >= 15 is 0 Å². The molecule has 0 saturated carbocycles. The summed E-state index contributed by atoms with van der Waals surface area (Å²) in [6.07, 6.45) is 0.742. The van der Waals surface area contributed by atoms with Crippen LogP contribution in [-0.4, -0.2) is 61.0 Å². The number of rotatable bonds is 6. The van der Waals surface area contributed by atoms with Crippen molar-refractivity contribution in [3.05, 3.63) is 59.2 Å². The highest BCUT2D eigenvalue weighted by Gasteiger charge is 2.22. The predicted octanol–water partition coefficient (Wildman–Crippen LogP) is 3.13. The molecule has 160 valence electrons. The lowest BCUT2D eigenvalue weighted by Crippen LogP contribution is -2.40. The maximum Gasteiger partial charge on any atom is 0.260 e. The summed E-state index contributed by atoms with van der Waals surface area (Å²) >= 11 is 0. The van der Waals surface area contributed by atoms with Gasteiger partial charge >= 0.3 is 0 Å². The maximum atomic E-state index is 12.6. The zero-order chi connectivity index (χ0) is 21.5. The summed E-state index contributed by atoms with van der Waals surface area (Å²) in [5.74, 6) is 1.27. The molecule has 0 N–H and O–H groups in total. The molecule has 6 heteroatoms. The highest BCUT2D eigenvalue weighted by molar-refractivity contribution is 5.79. The molecule has 3 rings (SSSR count). The third kappa shape index (κ3) is 5.99. The Hall–Kier alpha value is -3.02. The first kappa shape index (κ1) is 21.7. The van der Waals surface area contributed by atoms with Crippen molar-refractivity contribution in [2.75, 3.05) is 39.4 Å². The lowest BCUT2D eigenvalue weighted by atomic mass is 10.1. The summed E-state index contributed by atoms with van der Waals surface area (Å²) in [7, 11) is 0. The summed E-state index contributed by atoms with van der Waals surface area (Å²) in [6, 6.07) is 13.4. The van der Waals surface area contributed by atoms with Crippen LogP contribution in [0.4, 0.5) is 0 Å². The molecule has 0 aliphatic carbocycles. The van der Waals surface area contributed by atoms with Gasteiger partial charge in [-0.1, -0.05) is 23.8 Å². The smallest absolute Gasteiger partial charge is 0.260 e. The summed E-state index contributed by atoms with van der Waals surface area (Å²) in [5.41, 5.74) is 3.47. The number of aryl methyl sites for hydroxylation is 3. The van der Waals surface area contributed by atoms with Gasteiger partial charge in [0, 0.05) is 26.2 Å². The number of amides is 2. The monoisotopic (exact) mass is 410 g/mol. The molecule has 2 aromatic rings. The predicted molar refractivity (Wildman–Crippen MR) is 116 cm³/mol. The number of carbonyl (C=O) groups is 2. The highest BCUT2D eigenvalue weighted by atomic mass is 16.5. The average molecular weight is 411 g/mol. The number of carbonyl (C=O) groups excluding carboxylic acids is 2. The van der Waals surface area contributed by atoms with Gasteiger partial charge in [0.15, 0.2) is 13.2 Å². The maximum absolute atomic E-state index is 12.6. The Morgan fingerprint density at radius 3 is 1.83 bits per heavy atom. The Labute approximate surface area is 178 Å². The van der Waals surface area contributed by atoms with Crippen molar-refractivity contribution in [1.82, 2.24) is 9.80 Å². The summed E-state index contributed by atoms with van der Waals surface area (Å²) < 4.78 is 11.3. The molecule has 1 fully saturated rings. The fourth-order valence-electron chi connectivity index (χ4n) is 3.33. The van der Waals surface area contributed by atoms with E-state index in [-0.39, 0.29) is 25.0 Å². The molecule has 2 amide bonds. The van der Waals surface area contributed by atoms with Gasteiger partial charge < -0.3 is 19.3 Å². The second kappa shape index (κ2) is 10.1. The van der Waals surface area contributed by atoms with E-state index in [1.54, 1.807) is 9.80 Å². The van der Waals surface area contributed by atoms with Gasteiger partial charge in [-0.15, -0.1) is 0 Å². The van der Waals surface area contributed by atoms with Crippen molar-refractivity contribution >= 4 is 11.8 Å². The normalized spacial score (nSPS) is 14.2. The molecule has 0 radical (unpaired) electrons. The van der Waals surface area contributed by atoms with E-state index in [1.165, 1.54) is 5.56 Å². The van der Waals surface area contributed by atoms with Gasteiger partial charge in [-0.05, 0) is 62.6 Å². The molecule has 1 heterocycles. The zero-order valence-electron chi connectivity index (χ0n) is 18.0. The summed E-state index contributed by atoms with van der Waals surface area (Å²) in [5, 5.41) is 0. The SMILES string of the molecule is Cc1ccc(OCC(=O)N2CCCN(C(=O)COc3ccc(C)c(C)c3)CC2)cc1. The van der Waals surface area contributed by atoms with E-state index < -0.39 is 0 Å². The van der Waals surface area contributed by atoms with E-state index in [0.29, 0.717) is 37.7 Å². The van der Waals surface area contributed by atoms with Crippen LogP contribution in [0.5, 0.6) is 11.5 Å². The second-order valence-corrected chi connectivity index (χ2v) is 7.75. The van der Waals surface area contributed by atoms with Gasteiger partial charge in [0.2, 0.25) is 0 Å². The number of benzene rings is 2. The topological polar surface area (TPSA) is 59.1 Å². The van der Waals surface area contributed by atoms with Crippen molar-refractivity contribution in [3.8, 4) is 11.5 Å². The van der Waals surface area contributed by atoms with Gasteiger partial charge in [0.1, 0.15) is 11.5 Å². The van der Waals surface area contributed by atoms with Crippen LogP contribution in [0, 0.1) is 20.8 Å². The average Bonchev–Trinajstić information content (AvgIpc) is 3.00. The number of nitrogens with zero attached hydrogens (tertiary/aromatic N) is 2. The van der Waals surface area contributed by atoms with Crippen LogP contribution in [-0.2, 0) is 9.59 Å². The third-order valence-corrected chi connectivity index (χ3v) is 5.43. The Morgan fingerprint density at radius 1 is 0.733 bits per heavy atom. The fraction of sp³-hybridized carbons (Fsp3) is 0.417. The van der Waals surface area contributed by atoms with Gasteiger partial charge in [0.25, 0.3) is 11.8 Å². The van der Waals surface area contributed by atoms with Crippen LogP contribution >= 0.6 is 0 Å². The first-order valence-electron chi connectivity index (χ1n) is 10.4. The quantitative estimate of drug-likeness (QED) is 0.734. The van der Waals surface area contributed by atoms with Crippen molar-refractivity contribution in [2.45, 2.75) is 27.2 Å². The number of hydrogen-bond donors (Lipinski definition) is 0. The zero-order valence-corrected chi connectivity index (χ0v) is 18.0. The van der Waals surface area contributed by atoms with Crippen molar-refractivity contribution in [3.63, 3.8) is 0 Å². The number of ether oxygens (including phenoxy) is 2. The molecule has 0 unspecified atom stereocenters. The molecule has 1 saturated heterocycles. The van der Waals surface area contributed by atoms with Crippen LogP contribution in [0.2, 0.25) is 0 Å². The molecule has 30 heavy (non-hydrogen) atoms. The van der Waals surface area contributed by atoms with Gasteiger partial charge in [-0.25, -0.2) is 0 Å². The Kier molecular flexibility index (Phi) is 7.33. The lowest BCUT2D eigenvalue weighted by molar-refractivity contribution is -0.135. The number of hydrogen-bond acceptors (Lipinski definition) is 4. The fourth-order valence-corrected chi connectivity index (χ4v) is 3.33. The molecular weight excluding hydrogens is 380 g/mol. The van der Waals surface area contributed by atoms with E-state index in [4.69, 9.17) is 9.47 Å². The minimum absolute atomic E-state index is 0.00684. The van der Waals surface area contributed by atoms with E-state index in [9.17, 15) is 9.59 Å². The second-order valence-electron chi connectivity index (χ2n) is 7.75. The molecule has 0 spiro atoms. The lowest BCUT2D eigenvalue weighted by Gasteiger charge is -2.22. The van der Waals surface area contributed by atoms with Gasteiger partial charge in [0.05, 0.1) is 0 Å². The van der Waals surface area contributed by atoms with Crippen LogP contribution < -0.4 is 9.47 Å². The van der Waals surface area contributed by atoms with Crippen molar-refractivity contribution in [2.24, 2.45) is 0 Å². The molecule has 6 nitrogen and oxygen atoms in total. The molecule has 1 aliphatic rings. The Balaban J connectivity index is 1.45. The Morgan fingerprint density at radius 2 is 1.27 bits per heavy atom. The third-order valence-electron chi connectivity index (χ3n) is 5.43. The van der Waals surface area contributed by atoms with Gasteiger partial charge in [-0.2, -0.15) is 0 Å². The molecular formula is C24H30N2O4. The van der Waals surface area contributed by atoms with E-state index in [1.807, 2.05) is 63.2 Å².